The van der Waals surface area contributed by atoms with E-state index in [0.717, 1.165) is 5.56 Å². The molecule has 0 N–H and O–H groups in total. The van der Waals surface area contributed by atoms with Gasteiger partial charge in [0.25, 0.3) is 0 Å². The average Bonchev–Trinajstić information content (AvgIpc) is 2.47. The van der Waals surface area contributed by atoms with E-state index in [9.17, 15) is 9.59 Å². The van der Waals surface area contributed by atoms with Gasteiger partial charge in [-0.05, 0) is 38.5 Å². The first kappa shape index (κ1) is 17.9. The molecule has 1 aromatic carbocycles. The highest BCUT2D eigenvalue weighted by molar-refractivity contribution is 5.75. The van der Waals surface area contributed by atoms with E-state index < -0.39 is 12.1 Å². The van der Waals surface area contributed by atoms with E-state index >= 15 is 0 Å². The maximum atomic E-state index is 12.0. The molecule has 120 valence electrons. The fourth-order valence-corrected chi connectivity index (χ4v) is 1.96. The van der Waals surface area contributed by atoms with Gasteiger partial charge in [0.2, 0.25) is 6.08 Å². The van der Waals surface area contributed by atoms with Crippen LogP contribution in [-0.2, 0) is 25.5 Å². The molecule has 0 aliphatic heterocycles. The molecule has 0 bridgehead atoms. The molecule has 0 saturated heterocycles. The van der Waals surface area contributed by atoms with Gasteiger partial charge < -0.3 is 14.2 Å². The summed E-state index contributed by atoms with van der Waals surface area (Å²) in [5, 5.41) is 0. The number of hydrogen-bond donors (Lipinski definition) is 0. The molecule has 0 radical (unpaired) electrons. The average molecular weight is 307 g/mol. The lowest BCUT2D eigenvalue weighted by Gasteiger charge is -2.19. The van der Waals surface area contributed by atoms with Gasteiger partial charge in [-0.25, -0.2) is 9.59 Å². The summed E-state index contributed by atoms with van der Waals surface area (Å²) < 4.78 is 15.7. The van der Waals surface area contributed by atoms with Gasteiger partial charge in [-0.3, -0.25) is 0 Å². The number of esters is 1. The maximum absolute atomic E-state index is 12.0. The lowest BCUT2D eigenvalue weighted by molar-refractivity contribution is -0.159. The predicted octanol–water partition coefficient (Wildman–Crippen LogP) is 2.56. The molecular formula is C16H21NO5. The molecule has 22 heavy (non-hydrogen) atoms. The van der Waals surface area contributed by atoms with Crippen molar-refractivity contribution in [1.82, 2.24) is 0 Å². The summed E-state index contributed by atoms with van der Waals surface area (Å²) in [5.41, 5.74) is 1.15. The number of hydrogen-bond acceptors (Lipinski definition) is 6. The van der Waals surface area contributed by atoms with Crippen molar-refractivity contribution in [3.63, 3.8) is 0 Å². The minimum Gasteiger partial charge on any atom is -0.494 e. The largest absolute Gasteiger partial charge is 0.494 e. The lowest BCUT2D eigenvalue weighted by atomic mass is 10.1. The number of benzene rings is 1. The Morgan fingerprint density at radius 1 is 1.36 bits per heavy atom. The molecule has 1 aromatic rings. The summed E-state index contributed by atoms with van der Waals surface area (Å²) in [4.78, 5) is 26.0. The number of carbonyl (C=O) groups is 1. The van der Waals surface area contributed by atoms with Crippen LogP contribution in [0.25, 0.3) is 0 Å². The fraction of sp³-hybridized carbons (Fsp3) is 0.500. The first-order valence-electron chi connectivity index (χ1n) is 7.08. The van der Waals surface area contributed by atoms with Gasteiger partial charge >= 0.3 is 5.97 Å². The number of nitrogens with zero attached hydrogens (tertiary/aromatic N) is 1. The van der Waals surface area contributed by atoms with Crippen molar-refractivity contribution in [1.29, 1.82) is 0 Å². The first-order valence-corrected chi connectivity index (χ1v) is 7.08. The SMILES string of the molecule is CCOC(=O)C(Cc1ccc(OC)c(N=C=O)c1)OC(C)C. The normalized spacial score (nSPS) is 11.7. The van der Waals surface area contributed by atoms with E-state index in [4.69, 9.17) is 14.2 Å². The Morgan fingerprint density at radius 3 is 2.64 bits per heavy atom. The monoisotopic (exact) mass is 307 g/mol. The van der Waals surface area contributed by atoms with Crippen LogP contribution in [0.2, 0.25) is 0 Å². The molecule has 0 amide bonds. The molecule has 0 spiro atoms. The summed E-state index contributed by atoms with van der Waals surface area (Å²) >= 11 is 0. The summed E-state index contributed by atoms with van der Waals surface area (Å²) in [6.45, 7) is 5.74. The molecule has 0 saturated carbocycles. The smallest absolute Gasteiger partial charge is 0.335 e. The molecule has 6 heteroatoms. The van der Waals surface area contributed by atoms with E-state index in [0.29, 0.717) is 24.5 Å². The van der Waals surface area contributed by atoms with Crippen LogP contribution in [-0.4, -0.2) is 38.0 Å². The number of ether oxygens (including phenoxy) is 3. The Morgan fingerprint density at radius 2 is 2.09 bits per heavy atom. The Kier molecular flexibility index (Phi) is 7.29. The van der Waals surface area contributed by atoms with Gasteiger partial charge in [0, 0.05) is 6.42 Å². The molecule has 6 nitrogen and oxygen atoms in total. The zero-order valence-corrected chi connectivity index (χ0v) is 13.3. The number of aliphatic imine (C=N–C) groups is 1. The van der Waals surface area contributed by atoms with Crippen LogP contribution < -0.4 is 4.74 Å². The van der Waals surface area contributed by atoms with Crippen LogP contribution in [0, 0.1) is 0 Å². The van der Waals surface area contributed by atoms with E-state index in [1.54, 1.807) is 25.1 Å². The number of isocyanates is 1. The van der Waals surface area contributed by atoms with Crippen molar-refractivity contribution in [2.24, 2.45) is 4.99 Å². The fourth-order valence-electron chi connectivity index (χ4n) is 1.96. The van der Waals surface area contributed by atoms with Crippen molar-refractivity contribution in [2.45, 2.75) is 39.4 Å². The van der Waals surface area contributed by atoms with Gasteiger partial charge in [-0.15, -0.1) is 0 Å². The standard InChI is InChI=1S/C16H21NO5/c1-5-21-16(19)15(22-11(2)3)9-12-6-7-14(20-4)13(8-12)17-10-18/h6-8,11,15H,5,9H2,1-4H3. The Labute approximate surface area is 130 Å². The van der Waals surface area contributed by atoms with Crippen LogP contribution in [0.3, 0.4) is 0 Å². The summed E-state index contributed by atoms with van der Waals surface area (Å²) in [5.74, 6) is 0.0528. The van der Waals surface area contributed by atoms with Crippen LogP contribution in [0.5, 0.6) is 5.75 Å². The molecule has 1 atom stereocenters. The summed E-state index contributed by atoms with van der Waals surface area (Å²) in [7, 11) is 1.49. The molecule has 1 unspecified atom stereocenters. The van der Waals surface area contributed by atoms with E-state index in [-0.39, 0.29) is 6.10 Å². The van der Waals surface area contributed by atoms with Crippen molar-refractivity contribution in [3.8, 4) is 5.75 Å². The first-order chi connectivity index (χ1) is 10.5. The molecule has 1 rings (SSSR count). The second-order valence-corrected chi connectivity index (χ2v) is 4.84. The van der Waals surface area contributed by atoms with Crippen molar-refractivity contribution < 1.29 is 23.8 Å². The van der Waals surface area contributed by atoms with Crippen molar-refractivity contribution in [2.75, 3.05) is 13.7 Å². The second-order valence-electron chi connectivity index (χ2n) is 4.84. The summed E-state index contributed by atoms with van der Waals surface area (Å²) in [6.07, 6.45) is 0.990. The molecule has 0 aromatic heterocycles. The third-order valence-corrected chi connectivity index (χ3v) is 2.82. The van der Waals surface area contributed by atoms with Crippen LogP contribution in [0.1, 0.15) is 26.3 Å². The zero-order chi connectivity index (χ0) is 16.5. The number of carbonyl (C=O) groups excluding carboxylic acids is 2. The molecule has 0 heterocycles. The quantitative estimate of drug-likeness (QED) is 0.419. The van der Waals surface area contributed by atoms with Crippen LogP contribution >= 0.6 is 0 Å². The van der Waals surface area contributed by atoms with E-state index in [1.165, 1.54) is 13.2 Å². The van der Waals surface area contributed by atoms with Gasteiger partial charge in [0.15, 0.2) is 6.10 Å². The van der Waals surface area contributed by atoms with Gasteiger partial charge in [0.05, 0.1) is 19.8 Å². The van der Waals surface area contributed by atoms with Crippen molar-refractivity contribution >= 4 is 17.7 Å². The van der Waals surface area contributed by atoms with E-state index in [1.807, 2.05) is 13.8 Å². The van der Waals surface area contributed by atoms with Gasteiger partial charge in [-0.1, -0.05) is 6.07 Å². The Hall–Kier alpha value is -2.17. The number of rotatable bonds is 8. The van der Waals surface area contributed by atoms with Gasteiger partial charge in [0.1, 0.15) is 11.4 Å². The third-order valence-electron chi connectivity index (χ3n) is 2.82. The topological polar surface area (TPSA) is 74.2 Å². The predicted molar refractivity (Wildman–Crippen MR) is 81.1 cm³/mol. The maximum Gasteiger partial charge on any atom is 0.335 e. The minimum absolute atomic E-state index is 0.111. The van der Waals surface area contributed by atoms with E-state index in [2.05, 4.69) is 4.99 Å². The lowest BCUT2D eigenvalue weighted by Crippen LogP contribution is -2.31. The number of methoxy groups -OCH3 is 1. The van der Waals surface area contributed by atoms with Gasteiger partial charge in [-0.2, -0.15) is 4.99 Å². The van der Waals surface area contributed by atoms with Crippen molar-refractivity contribution in [3.05, 3.63) is 23.8 Å². The molecule has 0 aliphatic rings. The molecular weight excluding hydrogens is 286 g/mol. The highest BCUT2D eigenvalue weighted by Gasteiger charge is 2.22. The highest BCUT2D eigenvalue weighted by Crippen LogP contribution is 2.28. The molecule has 0 aliphatic carbocycles. The Bertz CT molecular complexity index is 549. The highest BCUT2D eigenvalue weighted by atomic mass is 16.6. The minimum atomic E-state index is -0.707. The summed E-state index contributed by atoms with van der Waals surface area (Å²) in [6, 6.07) is 5.14. The molecule has 0 fully saturated rings. The Balaban J connectivity index is 2.99. The third kappa shape index (κ3) is 5.31. The zero-order valence-electron chi connectivity index (χ0n) is 13.3. The second kappa shape index (κ2) is 8.97. The van der Waals surface area contributed by atoms with Crippen LogP contribution in [0.15, 0.2) is 23.2 Å². The van der Waals surface area contributed by atoms with Crippen LogP contribution in [0.4, 0.5) is 5.69 Å².